The van der Waals surface area contributed by atoms with Gasteiger partial charge in [-0.3, -0.25) is 14.8 Å². The van der Waals surface area contributed by atoms with E-state index < -0.39 is 0 Å². The van der Waals surface area contributed by atoms with Crippen LogP contribution in [0.1, 0.15) is 40.7 Å². The Bertz CT molecular complexity index is 1700. The Morgan fingerprint density at radius 3 is 2.49 bits per heavy atom. The van der Waals surface area contributed by atoms with Crippen molar-refractivity contribution >= 4 is 33.3 Å². The number of para-hydroxylation sites is 2. The van der Waals surface area contributed by atoms with Gasteiger partial charge in [-0.1, -0.05) is 48.5 Å². The number of H-pyrrole nitrogens is 1. The molecule has 3 aromatic carbocycles. The van der Waals surface area contributed by atoms with Gasteiger partial charge in [-0.05, 0) is 72.2 Å². The quantitative estimate of drug-likeness (QED) is 0.346. The van der Waals surface area contributed by atoms with Crippen LogP contribution in [-0.2, 0) is 19.4 Å². The number of piperazine rings is 1. The molecule has 1 aliphatic heterocycles. The summed E-state index contributed by atoms with van der Waals surface area (Å²) in [6.45, 7) is 7.27. The van der Waals surface area contributed by atoms with E-state index in [2.05, 4.69) is 92.8 Å². The highest BCUT2D eigenvalue weighted by molar-refractivity contribution is 5.86. The van der Waals surface area contributed by atoms with Crippen LogP contribution < -0.4 is 9.30 Å². The molecule has 3 heterocycles. The summed E-state index contributed by atoms with van der Waals surface area (Å²) in [5, 5.41) is 12.9. The average Bonchev–Trinajstić information content (AvgIpc) is 3.33. The van der Waals surface area contributed by atoms with Crippen LogP contribution in [0.2, 0.25) is 0 Å². The lowest BCUT2D eigenvalue weighted by atomic mass is 9.88. The number of nitriles is 1. The van der Waals surface area contributed by atoms with Gasteiger partial charge in [0.05, 0.1) is 13.1 Å². The molecule has 2 aliphatic rings. The number of rotatable bonds is 3. The van der Waals surface area contributed by atoms with Crippen molar-refractivity contribution in [3.05, 3.63) is 88.5 Å². The first-order valence-corrected chi connectivity index (χ1v) is 13.6. The number of aryl methyl sites for hydroxylation is 1. The van der Waals surface area contributed by atoms with Gasteiger partial charge in [0.25, 0.3) is 0 Å². The van der Waals surface area contributed by atoms with Crippen LogP contribution in [0.4, 0.5) is 5.82 Å². The maximum atomic E-state index is 10.2. The summed E-state index contributed by atoms with van der Waals surface area (Å²) < 4.78 is 2.35. The average molecular weight is 487 g/mol. The zero-order valence-corrected chi connectivity index (χ0v) is 21.4. The summed E-state index contributed by atoms with van der Waals surface area (Å²) >= 11 is 0. The van der Waals surface area contributed by atoms with Crippen molar-refractivity contribution in [1.29, 1.82) is 5.26 Å². The normalized spacial score (nSPS) is 16.4. The van der Waals surface area contributed by atoms with Gasteiger partial charge < -0.3 is 0 Å². The third-order valence-electron chi connectivity index (χ3n) is 8.55. The summed E-state index contributed by atoms with van der Waals surface area (Å²) in [5.74, 6) is 1.31. The molecule has 1 aliphatic carbocycles. The molecule has 37 heavy (non-hydrogen) atoms. The highest BCUT2D eigenvalue weighted by atomic mass is 15.3. The Balaban J connectivity index is 1.26. The molecule has 0 amide bonds. The minimum absolute atomic E-state index is 0.833. The smallest absolute Gasteiger partial charge is 0.250 e. The molecule has 2 aromatic heterocycles. The molecule has 0 atom stereocenters. The van der Waals surface area contributed by atoms with E-state index in [1.54, 1.807) is 0 Å². The first-order chi connectivity index (χ1) is 18.2. The van der Waals surface area contributed by atoms with Crippen LogP contribution in [0, 0.1) is 18.3 Å². The largest absolute Gasteiger partial charge is 0.293 e. The lowest BCUT2D eigenvalue weighted by molar-refractivity contribution is -0.468. The Labute approximate surface area is 217 Å². The number of nitrogens with zero attached hydrogens (tertiary/aromatic N) is 4. The molecule has 1 N–H and O–H groups in total. The standard InChI is InChI=1S/C32H31N5/c1-22-14-15-23-8-2-3-9-24(23)28(22)21-35-16-18-36(19-17-35)32-26-11-5-4-10-25(26)27(20-33)31-34-29-12-6-7-13-30(29)37(31)32/h2-3,6-9,12-15H,4-5,10-11,16-19,21H2,1H3/p+1. The fraction of sp³-hybridized carbons (Fsp3) is 0.312. The molecule has 0 bridgehead atoms. The van der Waals surface area contributed by atoms with E-state index in [0.29, 0.717) is 0 Å². The van der Waals surface area contributed by atoms with Gasteiger partial charge in [0.2, 0.25) is 11.5 Å². The van der Waals surface area contributed by atoms with E-state index in [0.717, 1.165) is 74.2 Å². The molecule has 0 saturated carbocycles. The van der Waals surface area contributed by atoms with Crippen molar-refractivity contribution in [1.82, 2.24) is 9.88 Å². The molecule has 0 unspecified atom stereocenters. The number of anilines is 1. The summed E-state index contributed by atoms with van der Waals surface area (Å²) in [4.78, 5) is 8.79. The van der Waals surface area contributed by atoms with Crippen LogP contribution in [0.15, 0.2) is 60.7 Å². The molecular weight excluding hydrogens is 454 g/mol. The van der Waals surface area contributed by atoms with Crippen molar-refractivity contribution in [3.63, 3.8) is 0 Å². The predicted molar refractivity (Wildman–Crippen MR) is 149 cm³/mol. The fourth-order valence-electron chi connectivity index (χ4n) is 6.63. The molecule has 0 spiro atoms. The zero-order valence-electron chi connectivity index (χ0n) is 21.4. The van der Waals surface area contributed by atoms with E-state index >= 15 is 0 Å². The number of hydrogen-bond acceptors (Lipinski definition) is 3. The van der Waals surface area contributed by atoms with Crippen LogP contribution in [0.3, 0.4) is 0 Å². The van der Waals surface area contributed by atoms with Crippen molar-refractivity contribution in [2.24, 2.45) is 0 Å². The number of aromatic nitrogens is 2. The molecule has 5 heteroatoms. The maximum Gasteiger partial charge on any atom is 0.250 e. The minimum atomic E-state index is 0.833. The maximum absolute atomic E-state index is 10.2. The van der Waals surface area contributed by atoms with Gasteiger partial charge in [0.1, 0.15) is 22.7 Å². The van der Waals surface area contributed by atoms with Gasteiger partial charge in [0, 0.05) is 25.2 Å². The number of nitrogens with one attached hydrogen (secondary N) is 1. The van der Waals surface area contributed by atoms with Crippen molar-refractivity contribution in [2.45, 2.75) is 39.2 Å². The third kappa shape index (κ3) is 3.59. The molecule has 0 radical (unpaired) electrons. The summed E-state index contributed by atoms with van der Waals surface area (Å²) in [5.41, 5.74) is 9.52. The van der Waals surface area contributed by atoms with Crippen LogP contribution in [0.5, 0.6) is 0 Å². The molecule has 5 aromatic rings. The zero-order chi connectivity index (χ0) is 24.9. The van der Waals surface area contributed by atoms with Crippen molar-refractivity contribution in [3.8, 4) is 6.07 Å². The van der Waals surface area contributed by atoms with E-state index in [4.69, 9.17) is 0 Å². The van der Waals surface area contributed by atoms with Gasteiger partial charge in [-0.15, -0.1) is 0 Å². The molecule has 184 valence electrons. The molecule has 5 nitrogen and oxygen atoms in total. The van der Waals surface area contributed by atoms with Gasteiger partial charge in [0.15, 0.2) is 0 Å². The number of imidazole rings is 1. The Morgan fingerprint density at radius 2 is 1.65 bits per heavy atom. The van der Waals surface area contributed by atoms with Gasteiger partial charge in [-0.25, -0.2) is 0 Å². The van der Waals surface area contributed by atoms with E-state index in [9.17, 15) is 5.26 Å². The fourth-order valence-corrected chi connectivity index (χ4v) is 6.63. The molecule has 1 saturated heterocycles. The molecular formula is C32H32N5+. The second-order valence-corrected chi connectivity index (χ2v) is 10.6. The Morgan fingerprint density at radius 1 is 0.892 bits per heavy atom. The SMILES string of the molecule is Cc1ccc2ccccc2c1CN1CCN(c2c3c(c(C#N)c4[nH]c5ccccc5[n+]24)CCCC3)CC1. The number of aromatic amines is 1. The molecule has 7 rings (SSSR count). The van der Waals surface area contributed by atoms with Crippen LogP contribution in [-0.4, -0.2) is 36.1 Å². The third-order valence-corrected chi connectivity index (χ3v) is 8.55. The number of fused-ring (bicyclic) bond motifs is 5. The lowest BCUT2D eigenvalue weighted by Crippen LogP contribution is -2.50. The topological polar surface area (TPSA) is 50.2 Å². The monoisotopic (exact) mass is 486 g/mol. The number of benzene rings is 3. The lowest BCUT2D eigenvalue weighted by Gasteiger charge is -2.35. The predicted octanol–water partition coefficient (Wildman–Crippen LogP) is 5.44. The second kappa shape index (κ2) is 8.90. The minimum Gasteiger partial charge on any atom is -0.293 e. The van der Waals surface area contributed by atoms with E-state index in [1.807, 2.05) is 0 Å². The summed E-state index contributed by atoms with van der Waals surface area (Å²) in [6.07, 6.45) is 4.41. The number of hydrogen-bond donors (Lipinski definition) is 1. The second-order valence-electron chi connectivity index (χ2n) is 10.6. The van der Waals surface area contributed by atoms with Crippen molar-refractivity contribution in [2.75, 3.05) is 31.1 Å². The van der Waals surface area contributed by atoms with E-state index in [1.165, 1.54) is 45.3 Å². The van der Waals surface area contributed by atoms with Crippen LogP contribution >= 0.6 is 0 Å². The van der Waals surface area contributed by atoms with Crippen molar-refractivity contribution < 1.29 is 4.40 Å². The highest BCUT2D eigenvalue weighted by Crippen LogP contribution is 2.34. The highest BCUT2D eigenvalue weighted by Gasteiger charge is 2.33. The summed E-state index contributed by atoms with van der Waals surface area (Å²) in [6, 6.07) is 24.3. The van der Waals surface area contributed by atoms with E-state index in [-0.39, 0.29) is 0 Å². The molecule has 1 fully saturated rings. The van der Waals surface area contributed by atoms with Crippen LogP contribution in [0.25, 0.3) is 27.5 Å². The number of pyridine rings is 1. The first kappa shape index (κ1) is 22.3. The van der Waals surface area contributed by atoms with Gasteiger partial charge in [-0.2, -0.15) is 9.66 Å². The van der Waals surface area contributed by atoms with Gasteiger partial charge >= 0.3 is 0 Å². The first-order valence-electron chi connectivity index (χ1n) is 13.6. The Hall–Kier alpha value is -3.88. The Kier molecular flexibility index (Phi) is 5.37. The summed E-state index contributed by atoms with van der Waals surface area (Å²) in [7, 11) is 0.